The molecule has 0 aliphatic carbocycles. The van der Waals surface area contributed by atoms with Gasteiger partial charge in [-0.1, -0.05) is 60.1 Å². The van der Waals surface area contributed by atoms with Crippen LogP contribution in [-0.2, 0) is 4.79 Å². The minimum absolute atomic E-state index is 0.0893. The minimum Gasteiger partial charge on any atom is -0.325 e. The zero-order chi connectivity index (χ0) is 23.9. The van der Waals surface area contributed by atoms with E-state index in [1.54, 1.807) is 12.4 Å². The molecule has 0 saturated carbocycles. The van der Waals surface area contributed by atoms with E-state index < -0.39 is 5.25 Å². The number of carbonyl (C=O) groups is 1. The third-order valence-corrected chi connectivity index (χ3v) is 6.99. The van der Waals surface area contributed by atoms with Gasteiger partial charge in [0, 0.05) is 28.6 Å². The molecule has 3 aromatic carbocycles. The normalized spacial score (nSPS) is 12.0. The third-order valence-electron chi connectivity index (χ3n) is 5.36. The summed E-state index contributed by atoms with van der Waals surface area (Å²) >= 11 is 7.64. The second kappa shape index (κ2) is 11.1. The summed E-state index contributed by atoms with van der Waals surface area (Å²) in [6.07, 6.45) is 3.34. The van der Waals surface area contributed by atoms with Gasteiger partial charge in [-0.3, -0.25) is 9.79 Å². The van der Waals surface area contributed by atoms with E-state index in [1.807, 2.05) is 91.9 Å². The Balaban J connectivity index is 1.63. The Labute approximate surface area is 209 Å². The topological polar surface area (TPSA) is 54.4 Å². The summed E-state index contributed by atoms with van der Waals surface area (Å²) < 4.78 is 0. The summed E-state index contributed by atoms with van der Waals surface area (Å²) in [5.74, 6) is -0.0893. The first-order valence-corrected chi connectivity index (χ1v) is 12.1. The van der Waals surface area contributed by atoms with Crippen molar-refractivity contribution in [3.63, 3.8) is 0 Å². The van der Waals surface area contributed by atoms with E-state index in [9.17, 15) is 4.79 Å². The summed E-state index contributed by atoms with van der Waals surface area (Å²) in [5, 5.41) is 3.03. The molecule has 0 aliphatic heterocycles. The van der Waals surface area contributed by atoms with E-state index in [4.69, 9.17) is 11.6 Å². The number of aliphatic imine (C=N–C) groups is 1. The van der Waals surface area contributed by atoms with Crippen molar-refractivity contribution in [3.8, 4) is 0 Å². The molecular formula is C28H24ClN3OS. The van der Waals surface area contributed by atoms with Crippen LogP contribution < -0.4 is 5.32 Å². The summed E-state index contributed by atoms with van der Waals surface area (Å²) in [6.45, 7) is 4.09. The maximum atomic E-state index is 13.5. The summed E-state index contributed by atoms with van der Waals surface area (Å²) in [4.78, 5) is 23.1. The van der Waals surface area contributed by atoms with Gasteiger partial charge in [0.1, 0.15) is 10.4 Å². The molecular weight excluding hydrogens is 462 g/mol. The number of anilines is 1. The van der Waals surface area contributed by atoms with E-state index in [0.717, 1.165) is 33.0 Å². The average molecular weight is 486 g/mol. The molecule has 1 N–H and O–H groups in total. The molecule has 34 heavy (non-hydrogen) atoms. The number of rotatable bonds is 7. The van der Waals surface area contributed by atoms with Crippen LogP contribution in [0, 0.1) is 13.8 Å². The maximum Gasteiger partial charge on any atom is 0.242 e. The first-order chi connectivity index (χ1) is 16.5. The molecule has 0 radical (unpaired) electrons. The van der Waals surface area contributed by atoms with Crippen LogP contribution >= 0.6 is 23.4 Å². The van der Waals surface area contributed by atoms with Crippen LogP contribution in [0.3, 0.4) is 0 Å². The molecule has 4 aromatic rings. The zero-order valence-electron chi connectivity index (χ0n) is 18.9. The number of hydrogen-bond acceptors (Lipinski definition) is 4. The lowest BCUT2D eigenvalue weighted by molar-refractivity contribution is -0.115. The molecule has 4 rings (SSSR count). The third kappa shape index (κ3) is 5.93. The van der Waals surface area contributed by atoms with Crippen LogP contribution in [0.2, 0.25) is 5.15 Å². The number of halogens is 1. The average Bonchev–Trinajstić information content (AvgIpc) is 2.85. The van der Waals surface area contributed by atoms with Crippen molar-refractivity contribution in [2.45, 2.75) is 24.0 Å². The Bertz CT molecular complexity index is 1320. The monoisotopic (exact) mass is 485 g/mol. The van der Waals surface area contributed by atoms with Gasteiger partial charge in [0.15, 0.2) is 0 Å². The Kier molecular flexibility index (Phi) is 7.78. The number of para-hydroxylation sites is 1. The molecule has 1 aromatic heterocycles. The summed E-state index contributed by atoms with van der Waals surface area (Å²) in [7, 11) is 0. The maximum absolute atomic E-state index is 13.5. The number of hydrogen-bond donors (Lipinski definition) is 1. The molecule has 0 spiro atoms. The Morgan fingerprint density at radius 1 is 0.971 bits per heavy atom. The van der Waals surface area contributed by atoms with Gasteiger partial charge in [0.2, 0.25) is 5.91 Å². The number of carbonyl (C=O) groups excluding carboxylic acids is 1. The van der Waals surface area contributed by atoms with Gasteiger partial charge in [-0.05, 0) is 66.9 Å². The van der Waals surface area contributed by atoms with Crippen LogP contribution in [0.1, 0.15) is 27.5 Å². The standard InChI is InChI=1S/C28H24ClN3OS/c1-19-14-15-23(17-20(19)2)32-28(33)26(21-9-4-3-5-10-21)34-25-13-7-6-12-24(25)31-18-22-11-8-16-30-27(22)29/h3-18,26H,1-2H3,(H,32,33)/t26-/m0/s1. The number of thioether (sulfide) groups is 1. The fourth-order valence-corrected chi connectivity index (χ4v) is 4.63. The van der Waals surface area contributed by atoms with Crippen molar-refractivity contribution in [3.05, 3.63) is 119 Å². The van der Waals surface area contributed by atoms with Gasteiger partial charge in [0.05, 0.1) is 5.69 Å². The molecule has 6 heteroatoms. The smallest absolute Gasteiger partial charge is 0.242 e. The van der Waals surface area contributed by atoms with Crippen molar-refractivity contribution in [1.29, 1.82) is 0 Å². The molecule has 1 heterocycles. The summed E-state index contributed by atoms with van der Waals surface area (Å²) in [5.41, 5.74) is 5.52. The molecule has 0 aliphatic rings. The van der Waals surface area contributed by atoms with Gasteiger partial charge in [0.25, 0.3) is 0 Å². The molecule has 4 nitrogen and oxygen atoms in total. The first kappa shape index (κ1) is 23.7. The fourth-order valence-electron chi connectivity index (χ4n) is 3.35. The molecule has 0 fully saturated rings. The predicted molar refractivity (Wildman–Crippen MR) is 143 cm³/mol. The Morgan fingerprint density at radius 2 is 1.74 bits per heavy atom. The van der Waals surface area contributed by atoms with Crippen molar-refractivity contribution < 1.29 is 4.79 Å². The molecule has 1 atom stereocenters. The highest BCUT2D eigenvalue weighted by atomic mass is 35.5. The number of amides is 1. The lowest BCUT2D eigenvalue weighted by Gasteiger charge is -2.18. The van der Waals surface area contributed by atoms with Crippen LogP contribution in [0.15, 0.2) is 101 Å². The van der Waals surface area contributed by atoms with Gasteiger partial charge < -0.3 is 5.32 Å². The SMILES string of the molecule is Cc1ccc(NC(=O)[C@@H](Sc2ccccc2N=Cc2cccnc2Cl)c2ccccc2)cc1C. The lowest BCUT2D eigenvalue weighted by atomic mass is 10.1. The highest BCUT2D eigenvalue weighted by Crippen LogP contribution is 2.40. The lowest BCUT2D eigenvalue weighted by Crippen LogP contribution is -2.19. The minimum atomic E-state index is -0.457. The second-order valence-electron chi connectivity index (χ2n) is 7.81. The van der Waals surface area contributed by atoms with Crippen LogP contribution in [0.5, 0.6) is 0 Å². The van der Waals surface area contributed by atoms with E-state index in [0.29, 0.717) is 5.15 Å². The number of pyridine rings is 1. The highest BCUT2D eigenvalue weighted by molar-refractivity contribution is 8.00. The number of aryl methyl sites for hydroxylation is 2. The predicted octanol–water partition coefficient (Wildman–Crippen LogP) is 7.57. The molecule has 1 amide bonds. The van der Waals surface area contributed by atoms with Gasteiger partial charge >= 0.3 is 0 Å². The first-order valence-electron chi connectivity index (χ1n) is 10.8. The molecule has 170 valence electrons. The van der Waals surface area contributed by atoms with Crippen molar-refractivity contribution in [2.24, 2.45) is 4.99 Å². The number of nitrogens with zero attached hydrogens (tertiary/aromatic N) is 2. The van der Waals surface area contributed by atoms with E-state index in [1.165, 1.54) is 17.3 Å². The van der Waals surface area contributed by atoms with E-state index in [2.05, 4.69) is 22.2 Å². The Hall–Kier alpha value is -3.41. The quantitative estimate of drug-likeness (QED) is 0.167. The number of nitrogens with one attached hydrogen (secondary N) is 1. The number of aromatic nitrogens is 1. The van der Waals surface area contributed by atoms with Crippen molar-refractivity contribution in [2.75, 3.05) is 5.32 Å². The molecule has 0 bridgehead atoms. The van der Waals surface area contributed by atoms with Crippen LogP contribution in [0.4, 0.5) is 11.4 Å². The van der Waals surface area contributed by atoms with Gasteiger partial charge in [-0.25, -0.2) is 4.98 Å². The zero-order valence-corrected chi connectivity index (χ0v) is 20.5. The van der Waals surface area contributed by atoms with Crippen molar-refractivity contribution >= 4 is 46.9 Å². The largest absolute Gasteiger partial charge is 0.325 e. The molecule has 0 saturated heterocycles. The summed E-state index contributed by atoms with van der Waals surface area (Å²) in [6, 6.07) is 27.2. The van der Waals surface area contributed by atoms with E-state index in [-0.39, 0.29) is 5.91 Å². The second-order valence-corrected chi connectivity index (χ2v) is 9.31. The van der Waals surface area contributed by atoms with Crippen LogP contribution in [0.25, 0.3) is 0 Å². The number of benzene rings is 3. The van der Waals surface area contributed by atoms with E-state index >= 15 is 0 Å². The van der Waals surface area contributed by atoms with Crippen LogP contribution in [-0.4, -0.2) is 17.1 Å². The fraction of sp³-hybridized carbons (Fsp3) is 0.107. The molecule has 0 unspecified atom stereocenters. The highest BCUT2D eigenvalue weighted by Gasteiger charge is 2.23. The van der Waals surface area contributed by atoms with Crippen molar-refractivity contribution in [1.82, 2.24) is 4.98 Å². The van der Waals surface area contributed by atoms with Gasteiger partial charge in [-0.2, -0.15) is 0 Å². The Morgan fingerprint density at radius 3 is 2.50 bits per heavy atom. The van der Waals surface area contributed by atoms with Gasteiger partial charge in [-0.15, -0.1) is 11.8 Å².